The smallest absolute Gasteiger partial charge is 0.301 e. The molecule has 0 aromatic carbocycles. The molecule has 1 unspecified atom stereocenters. The fourth-order valence-corrected chi connectivity index (χ4v) is 1.17. The normalized spacial score (nSPS) is 16.8. The van der Waals surface area contributed by atoms with Crippen molar-refractivity contribution >= 4 is 20.9 Å². The number of rotatable bonds is 2. The molecule has 0 heterocycles. The van der Waals surface area contributed by atoms with Gasteiger partial charge in [0.15, 0.2) is 0 Å². The Labute approximate surface area is 58.4 Å². The van der Waals surface area contributed by atoms with E-state index < -0.39 is 25.5 Å². The molecule has 0 aromatic rings. The van der Waals surface area contributed by atoms with Gasteiger partial charge in [0, 0.05) is 6.26 Å². The number of sulfone groups is 1. The van der Waals surface area contributed by atoms with Crippen LogP contribution in [0.2, 0.25) is 0 Å². The van der Waals surface area contributed by atoms with Crippen LogP contribution >= 0.6 is 0 Å². The third-order valence-electron chi connectivity index (χ3n) is 0.635. The lowest BCUT2D eigenvalue weighted by atomic mass is 11.6. The van der Waals surface area contributed by atoms with Gasteiger partial charge in [-0.3, -0.25) is 0 Å². The average molecular weight is 194 g/mol. The van der Waals surface area contributed by atoms with Crippen LogP contribution in [-0.4, -0.2) is 28.0 Å². The Balaban J connectivity index is 4.95. The van der Waals surface area contributed by atoms with Crippen LogP contribution in [0.15, 0.2) is 0 Å². The van der Waals surface area contributed by atoms with E-state index in [1.54, 1.807) is 0 Å². The molecule has 0 saturated carbocycles. The summed E-state index contributed by atoms with van der Waals surface area (Å²) in [6, 6.07) is 0. The molecule has 0 aromatic heterocycles. The van der Waals surface area contributed by atoms with Crippen molar-refractivity contribution in [2.45, 2.75) is 4.59 Å². The van der Waals surface area contributed by atoms with Gasteiger partial charge in [-0.1, -0.05) is 0 Å². The van der Waals surface area contributed by atoms with Gasteiger partial charge in [0.2, 0.25) is 20.9 Å². The monoisotopic (exact) mass is 194 g/mol. The van der Waals surface area contributed by atoms with E-state index in [0.29, 0.717) is 0 Å². The van der Waals surface area contributed by atoms with E-state index in [0.717, 1.165) is 0 Å². The van der Waals surface area contributed by atoms with E-state index in [1.807, 2.05) is 0 Å². The molecule has 0 rings (SSSR count). The summed E-state index contributed by atoms with van der Waals surface area (Å²) in [6.07, 6.45) is 0.182. The Hall–Kier alpha value is -0.0800. The van der Waals surface area contributed by atoms with Crippen LogP contribution in [-0.2, 0) is 20.9 Å². The summed E-state index contributed by atoms with van der Waals surface area (Å²) in [5.74, 6) is 0. The standard InChI is InChI=1S/C2H4F2O4S2/c1-10(7,8)2(3,4)9(5)6/h1H3,(H,5,6). The highest BCUT2D eigenvalue weighted by atomic mass is 32.3. The third kappa shape index (κ3) is 1.70. The third-order valence-corrected chi connectivity index (χ3v) is 3.24. The molecule has 0 spiro atoms. The Morgan fingerprint density at radius 1 is 1.50 bits per heavy atom. The van der Waals surface area contributed by atoms with Crippen LogP contribution in [0.25, 0.3) is 0 Å². The summed E-state index contributed by atoms with van der Waals surface area (Å²) in [5.41, 5.74) is 0. The Kier molecular flexibility index (Phi) is 2.49. The molecule has 1 N–H and O–H groups in total. The largest absolute Gasteiger partial charge is 0.443 e. The summed E-state index contributed by atoms with van der Waals surface area (Å²) in [4.78, 5) is 0. The highest BCUT2D eigenvalue weighted by Gasteiger charge is 2.48. The van der Waals surface area contributed by atoms with Crippen LogP contribution in [0.3, 0.4) is 0 Å². The molecule has 4 nitrogen and oxygen atoms in total. The first-order valence-corrected chi connectivity index (χ1v) is 4.88. The van der Waals surface area contributed by atoms with Gasteiger partial charge in [0.05, 0.1) is 0 Å². The van der Waals surface area contributed by atoms with Crippen LogP contribution < -0.4 is 0 Å². The van der Waals surface area contributed by atoms with Crippen LogP contribution in [0.4, 0.5) is 8.78 Å². The number of hydrogen-bond donors (Lipinski definition) is 1. The van der Waals surface area contributed by atoms with Crippen molar-refractivity contribution in [1.82, 2.24) is 0 Å². The Morgan fingerprint density at radius 2 is 1.80 bits per heavy atom. The Morgan fingerprint density at radius 3 is 1.80 bits per heavy atom. The molecule has 0 radical (unpaired) electrons. The average Bonchev–Trinajstić information content (AvgIpc) is 1.62. The second-order valence-corrected chi connectivity index (χ2v) is 4.81. The summed E-state index contributed by atoms with van der Waals surface area (Å²) in [7, 11) is -4.79. The fourth-order valence-electron chi connectivity index (χ4n) is 0.129. The molecule has 0 fully saturated rings. The SMILES string of the molecule is CS(=O)(=O)C(F)(F)S(=O)O. The molecule has 0 aliphatic rings. The zero-order valence-corrected chi connectivity index (χ0v) is 6.38. The Bertz CT molecular complexity index is 242. The summed E-state index contributed by atoms with van der Waals surface area (Å²) < 4.78 is 56.7. The van der Waals surface area contributed by atoms with Crippen molar-refractivity contribution in [3.63, 3.8) is 0 Å². The van der Waals surface area contributed by atoms with Gasteiger partial charge < -0.3 is 4.55 Å². The van der Waals surface area contributed by atoms with E-state index in [4.69, 9.17) is 4.55 Å². The maximum atomic E-state index is 11.9. The second-order valence-electron chi connectivity index (χ2n) is 1.48. The lowest BCUT2D eigenvalue weighted by Gasteiger charge is -2.07. The lowest BCUT2D eigenvalue weighted by molar-refractivity contribution is 0.178. The topological polar surface area (TPSA) is 71.4 Å². The minimum atomic E-state index is -4.79. The summed E-state index contributed by atoms with van der Waals surface area (Å²) in [5, 5.41) is 0. The first-order chi connectivity index (χ1) is 4.19. The van der Waals surface area contributed by atoms with E-state index in [9.17, 15) is 21.4 Å². The lowest BCUT2D eigenvalue weighted by Crippen LogP contribution is -2.32. The molecule has 1 atom stereocenters. The van der Waals surface area contributed by atoms with Crippen LogP contribution in [0.1, 0.15) is 0 Å². The predicted octanol–water partition coefficient (Wildman–Crippen LogP) is -0.197. The van der Waals surface area contributed by atoms with Crippen LogP contribution in [0.5, 0.6) is 0 Å². The molecule has 10 heavy (non-hydrogen) atoms. The molecular formula is C2H4F2O4S2. The van der Waals surface area contributed by atoms with Crippen molar-refractivity contribution in [1.29, 1.82) is 0 Å². The molecule has 0 aliphatic heterocycles. The highest BCUT2D eigenvalue weighted by Crippen LogP contribution is 2.23. The minimum absolute atomic E-state index is 0.182. The molecule has 8 heteroatoms. The van der Waals surface area contributed by atoms with Gasteiger partial charge in [0.25, 0.3) is 0 Å². The van der Waals surface area contributed by atoms with Gasteiger partial charge >= 0.3 is 4.59 Å². The van der Waals surface area contributed by atoms with Gasteiger partial charge in [-0.05, 0) is 0 Å². The maximum Gasteiger partial charge on any atom is 0.443 e. The van der Waals surface area contributed by atoms with E-state index in [2.05, 4.69) is 0 Å². The number of alkyl halides is 2. The van der Waals surface area contributed by atoms with Crippen LogP contribution in [0, 0.1) is 0 Å². The van der Waals surface area contributed by atoms with Crippen molar-refractivity contribution in [3.8, 4) is 0 Å². The molecular weight excluding hydrogens is 190 g/mol. The second kappa shape index (κ2) is 2.51. The zero-order valence-electron chi connectivity index (χ0n) is 4.74. The van der Waals surface area contributed by atoms with Gasteiger partial charge in [-0.25, -0.2) is 12.6 Å². The van der Waals surface area contributed by atoms with Crippen molar-refractivity contribution in [2.24, 2.45) is 0 Å². The van der Waals surface area contributed by atoms with E-state index in [1.165, 1.54) is 0 Å². The first kappa shape index (κ1) is 9.92. The summed E-state index contributed by atoms with van der Waals surface area (Å²) in [6.45, 7) is 0. The maximum absolute atomic E-state index is 11.9. The molecule has 0 aliphatic carbocycles. The molecule has 0 bridgehead atoms. The number of halogens is 2. The molecule has 0 saturated heterocycles. The van der Waals surface area contributed by atoms with Crippen molar-refractivity contribution in [2.75, 3.05) is 6.26 Å². The van der Waals surface area contributed by atoms with Crippen molar-refractivity contribution in [3.05, 3.63) is 0 Å². The molecule has 62 valence electrons. The highest BCUT2D eigenvalue weighted by molar-refractivity contribution is 8.04. The predicted molar refractivity (Wildman–Crippen MR) is 30.6 cm³/mol. The van der Waals surface area contributed by atoms with Gasteiger partial charge in [0.1, 0.15) is 0 Å². The first-order valence-electron chi connectivity index (χ1n) is 1.88. The minimum Gasteiger partial charge on any atom is -0.301 e. The zero-order chi connectivity index (χ0) is 8.58. The van der Waals surface area contributed by atoms with E-state index >= 15 is 0 Å². The van der Waals surface area contributed by atoms with Crippen molar-refractivity contribution < 1.29 is 26.0 Å². The number of hydrogen-bond acceptors (Lipinski definition) is 3. The fraction of sp³-hybridized carbons (Fsp3) is 1.00. The quantitative estimate of drug-likeness (QED) is 0.618. The summed E-state index contributed by atoms with van der Waals surface area (Å²) >= 11 is -3.67. The van der Waals surface area contributed by atoms with E-state index in [-0.39, 0.29) is 6.26 Å². The van der Waals surface area contributed by atoms with Gasteiger partial charge in [-0.2, -0.15) is 8.78 Å². The van der Waals surface area contributed by atoms with Gasteiger partial charge in [-0.15, -0.1) is 0 Å². The molecule has 0 amide bonds.